The molecule has 154 valence electrons. The van der Waals surface area contributed by atoms with Crippen molar-refractivity contribution in [2.24, 2.45) is 4.99 Å². The summed E-state index contributed by atoms with van der Waals surface area (Å²) in [6.07, 6.45) is 7.80. The molecule has 1 heterocycles. The molecule has 28 heavy (non-hydrogen) atoms. The molecule has 6 heteroatoms. The highest BCUT2D eigenvalue weighted by atomic mass is 16.5. The van der Waals surface area contributed by atoms with Crippen LogP contribution in [0.25, 0.3) is 0 Å². The quantitative estimate of drug-likeness (QED) is 0.323. The smallest absolute Gasteiger partial charge is 0.305 e. The Kier molecular flexibility index (Phi) is 7.18. The molecule has 0 radical (unpaired) electrons. The molecule has 3 rings (SSSR count). The second kappa shape index (κ2) is 9.80. The molecule has 1 atom stereocenters. The Labute approximate surface area is 168 Å². The molecule has 0 amide bonds. The summed E-state index contributed by atoms with van der Waals surface area (Å²) >= 11 is 0. The Morgan fingerprint density at radius 3 is 2.82 bits per heavy atom. The lowest BCUT2D eigenvalue weighted by Crippen LogP contribution is -2.46. The van der Waals surface area contributed by atoms with E-state index in [9.17, 15) is 4.79 Å². The van der Waals surface area contributed by atoms with Crippen molar-refractivity contribution >= 4 is 11.9 Å². The molecule has 1 aliphatic carbocycles. The van der Waals surface area contributed by atoms with Crippen LogP contribution in [-0.4, -0.2) is 37.7 Å². The highest BCUT2D eigenvalue weighted by Gasteiger charge is 2.43. The number of hydrogen-bond donors (Lipinski definition) is 2. The minimum Gasteiger partial charge on any atom is -0.487 e. The van der Waals surface area contributed by atoms with E-state index in [0.29, 0.717) is 13.0 Å². The van der Waals surface area contributed by atoms with E-state index in [2.05, 4.69) is 40.5 Å². The van der Waals surface area contributed by atoms with Crippen LogP contribution in [0.15, 0.2) is 29.3 Å². The molecule has 1 fully saturated rings. The zero-order valence-electron chi connectivity index (χ0n) is 17.1. The number of esters is 1. The van der Waals surface area contributed by atoms with E-state index in [-0.39, 0.29) is 17.6 Å². The maximum absolute atomic E-state index is 11.2. The summed E-state index contributed by atoms with van der Waals surface area (Å²) in [4.78, 5) is 15.9. The molecule has 1 spiro atoms. The number of benzene rings is 1. The fourth-order valence-corrected chi connectivity index (χ4v) is 4.23. The van der Waals surface area contributed by atoms with Crippen LogP contribution in [0.3, 0.4) is 0 Å². The molecule has 1 aliphatic heterocycles. The number of para-hydroxylation sites is 1. The first-order valence-corrected chi connectivity index (χ1v) is 10.6. The van der Waals surface area contributed by atoms with Crippen LogP contribution in [0.4, 0.5) is 0 Å². The molecule has 1 aromatic rings. The van der Waals surface area contributed by atoms with Gasteiger partial charge in [0, 0.05) is 31.5 Å². The van der Waals surface area contributed by atoms with Crippen molar-refractivity contribution in [3.8, 4) is 5.75 Å². The Balaban J connectivity index is 1.65. The standard InChI is InChI=1S/C22H33N3O3/c1-3-23-21(24-15-9-6-12-20(26)27-2)25-18-16-22(13-7-8-14-22)28-19-11-5-4-10-17(18)19/h4-5,10-11,18H,3,6-9,12-16H2,1-2H3,(H2,23,24,25). The van der Waals surface area contributed by atoms with E-state index >= 15 is 0 Å². The van der Waals surface area contributed by atoms with Crippen molar-refractivity contribution in [1.29, 1.82) is 0 Å². The third-order valence-electron chi connectivity index (χ3n) is 5.65. The summed E-state index contributed by atoms with van der Waals surface area (Å²) in [6, 6.07) is 8.54. The monoisotopic (exact) mass is 387 g/mol. The number of hydrogen-bond acceptors (Lipinski definition) is 4. The summed E-state index contributed by atoms with van der Waals surface area (Å²) in [7, 11) is 1.43. The Hall–Kier alpha value is -2.24. The normalized spacial score (nSPS) is 20.4. The molecule has 1 saturated carbocycles. The largest absolute Gasteiger partial charge is 0.487 e. The van der Waals surface area contributed by atoms with Gasteiger partial charge in [-0.2, -0.15) is 0 Å². The molecule has 1 unspecified atom stereocenters. The van der Waals surface area contributed by atoms with Gasteiger partial charge in [0.15, 0.2) is 5.96 Å². The van der Waals surface area contributed by atoms with Gasteiger partial charge in [-0.15, -0.1) is 0 Å². The number of nitrogens with one attached hydrogen (secondary N) is 2. The molecule has 2 aliphatic rings. The van der Waals surface area contributed by atoms with Gasteiger partial charge in [0.25, 0.3) is 0 Å². The van der Waals surface area contributed by atoms with Crippen molar-refractivity contribution in [3.63, 3.8) is 0 Å². The number of nitrogens with zero attached hydrogens (tertiary/aromatic N) is 1. The van der Waals surface area contributed by atoms with Gasteiger partial charge in [0.05, 0.1) is 13.2 Å². The van der Waals surface area contributed by atoms with E-state index in [1.807, 2.05) is 6.07 Å². The maximum atomic E-state index is 11.2. The van der Waals surface area contributed by atoms with Gasteiger partial charge in [-0.3, -0.25) is 9.79 Å². The average molecular weight is 388 g/mol. The number of carbonyl (C=O) groups excluding carboxylic acids is 1. The number of rotatable bonds is 7. The van der Waals surface area contributed by atoms with Gasteiger partial charge >= 0.3 is 5.97 Å². The Morgan fingerprint density at radius 2 is 2.07 bits per heavy atom. The number of fused-ring (bicyclic) bond motifs is 1. The van der Waals surface area contributed by atoms with E-state index in [4.69, 9.17) is 9.73 Å². The van der Waals surface area contributed by atoms with E-state index in [0.717, 1.165) is 50.4 Å². The predicted molar refractivity (Wildman–Crippen MR) is 111 cm³/mol. The highest BCUT2D eigenvalue weighted by molar-refractivity contribution is 5.80. The number of guanidine groups is 1. The van der Waals surface area contributed by atoms with Gasteiger partial charge in [0.2, 0.25) is 0 Å². The molecule has 0 saturated heterocycles. The van der Waals surface area contributed by atoms with Crippen molar-refractivity contribution in [1.82, 2.24) is 10.6 Å². The molecule has 0 bridgehead atoms. The van der Waals surface area contributed by atoms with Crippen molar-refractivity contribution < 1.29 is 14.3 Å². The fourth-order valence-electron chi connectivity index (χ4n) is 4.23. The predicted octanol–water partition coefficient (Wildman–Crippen LogP) is 3.72. The van der Waals surface area contributed by atoms with Gasteiger partial charge in [0.1, 0.15) is 11.4 Å². The second-order valence-corrected chi connectivity index (χ2v) is 7.72. The van der Waals surface area contributed by atoms with Gasteiger partial charge < -0.3 is 20.1 Å². The van der Waals surface area contributed by atoms with Gasteiger partial charge in [-0.1, -0.05) is 18.2 Å². The first-order chi connectivity index (χ1) is 13.7. The molecular weight excluding hydrogens is 354 g/mol. The second-order valence-electron chi connectivity index (χ2n) is 7.72. The molecular formula is C22H33N3O3. The third-order valence-corrected chi connectivity index (χ3v) is 5.65. The number of methoxy groups -OCH3 is 1. The first-order valence-electron chi connectivity index (χ1n) is 10.6. The van der Waals surface area contributed by atoms with Crippen LogP contribution in [0.1, 0.15) is 69.9 Å². The van der Waals surface area contributed by atoms with Crippen LogP contribution in [-0.2, 0) is 9.53 Å². The Morgan fingerprint density at radius 1 is 1.29 bits per heavy atom. The summed E-state index contributed by atoms with van der Waals surface area (Å²) < 4.78 is 11.1. The number of unbranched alkanes of at least 4 members (excludes halogenated alkanes) is 1. The third kappa shape index (κ3) is 5.18. The topological polar surface area (TPSA) is 72.0 Å². The average Bonchev–Trinajstić information content (AvgIpc) is 3.14. The zero-order valence-corrected chi connectivity index (χ0v) is 17.1. The van der Waals surface area contributed by atoms with Gasteiger partial charge in [-0.25, -0.2) is 0 Å². The lowest BCUT2D eigenvalue weighted by Gasteiger charge is -2.40. The lowest BCUT2D eigenvalue weighted by molar-refractivity contribution is -0.140. The van der Waals surface area contributed by atoms with Crippen LogP contribution >= 0.6 is 0 Å². The van der Waals surface area contributed by atoms with Crippen molar-refractivity contribution in [2.75, 3.05) is 20.2 Å². The molecule has 1 aromatic carbocycles. The lowest BCUT2D eigenvalue weighted by atomic mass is 9.86. The van der Waals surface area contributed by atoms with Crippen molar-refractivity contribution in [3.05, 3.63) is 29.8 Å². The van der Waals surface area contributed by atoms with E-state index in [1.54, 1.807) is 0 Å². The highest BCUT2D eigenvalue weighted by Crippen LogP contribution is 2.46. The zero-order chi connectivity index (χ0) is 19.8. The van der Waals surface area contributed by atoms with Crippen LogP contribution < -0.4 is 15.4 Å². The number of aliphatic imine (C=N–C) groups is 1. The molecule has 2 N–H and O–H groups in total. The SMILES string of the molecule is CCNC(=NCCCCC(=O)OC)NC1CC2(CCCC2)Oc2ccccc21. The van der Waals surface area contributed by atoms with E-state index < -0.39 is 0 Å². The molecule has 6 nitrogen and oxygen atoms in total. The van der Waals surface area contributed by atoms with Crippen LogP contribution in [0, 0.1) is 0 Å². The van der Waals surface area contributed by atoms with Gasteiger partial charge in [-0.05, 0) is 51.5 Å². The number of carbonyl (C=O) groups is 1. The number of ether oxygens (including phenoxy) is 2. The van der Waals surface area contributed by atoms with Crippen molar-refractivity contribution in [2.45, 2.75) is 69.9 Å². The summed E-state index contributed by atoms with van der Waals surface area (Å²) in [5.41, 5.74) is 1.17. The summed E-state index contributed by atoms with van der Waals surface area (Å²) in [5, 5.41) is 7.00. The minimum atomic E-state index is -0.158. The fraction of sp³-hybridized carbons (Fsp3) is 0.636. The summed E-state index contributed by atoms with van der Waals surface area (Å²) in [6.45, 7) is 3.57. The maximum Gasteiger partial charge on any atom is 0.305 e. The molecule has 0 aromatic heterocycles. The van der Waals surface area contributed by atoms with E-state index in [1.165, 1.54) is 25.5 Å². The summed E-state index contributed by atoms with van der Waals surface area (Å²) in [5.74, 6) is 1.67. The van der Waals surface area contributed by atoms with Crippen LogP contribution in [0.5, 0.6) is 5.75 Å². The Bertz CT molecular complexity index is 683. The minimum absolute atomic E-state index is 0.0378. The first kappa shape index (κ1) is 20.5. The van der Waals surface area contributed by atoms with Crippen LogP contribution in [0.2, 0.25) is 0 Å².